The number of nitrogen functional groups attached to an aromatic ring is 1. The lowest BCUT2D eigenvalue weighted by Crippen LogP contribution is -1.92. The number of hydrogen-bond acceptors (Lipinski definition) is 4. The molecule has 0 aliphatic heterocycles. The van der Waals surface area contributed by atoms with Crippen LogP contribution in [-0.2, 0) is 0 Å². The Bertz CT molecular complexity index is 516. The van der Waals surface area contributed by atoms with Gasteiger partial charge in [0.25, 0.3) is 0 Å². The number of hydrogen-bond donors (Lipinski definition) is 1. The summed E-state index contributed by atoms with van der Waals surface area (Å²) < 4.78 is 5.48. The molecule has 4 nitrogen and oxygen atoms in total. The predicted molar refractivity (Wildman–Crippen MR) is 62.7 cm³/mol. The fourth-order valence-corrected chi connectivity index (χ4v) is 1.43. The lowest BCUT2D eigenvalue weighted by Gasteiger charge is -2.06. The average Bonchev–Trinajstić information content (AvgIpc) is 2.22. The molecular formula is C11H10ClN3O. The van der Waals surface area contributed by atoms with Gasteiger partial charge in [0, 0.05) is 11.8 Å². The molecule has 82 valence electrons. The number of rotatable bonds is 2. The van der Waals surface area contributed by atoms with Gasteiger partial charge in [-0.25, -0.2) is 0 Å². The van der Waals surface area contributed by atoms with Crippen molar-refractivity contribution >= 4 is 17.3 Å². The largest absolute Gasteiger partial charge is 0.436 e. The standard InChI is InChI=1S/C11H10ClN3O/c1-7-4-11(15-14-6-7)16-10-3-2-8(13)5-9(10)12/h2-6H,13H2,1H3. The number of ether oxygens (including phenoxy) is 1. The van der Waals surface area contributed by atoms with Crippen molar-refractivity contribution in [1.29, 1.82) is 0 Å². The maximum absolute atomic E-state index is 5.97. The molecule has 2 N–H and O–H groups in total. The smallest absolute Gasteiger partial charge is 0.239 e. The van der Waals surface area contributed by atoms with E-state index in [2.05, 4.69) is 10.2 Å². The molecule has 0 fully saturated rings. The number of benzene rings is 1. The Morgan fingerprint density at radius 3 is 2.81 bits per heavy atom. The van der Waals surface area contributed by atoms with Gasteiger partial charge >= 0.3 is 0 Å². The summed E-state index contributed by atoms with van der Waals surface area (Å²) in [5.74, 6) is 0.919. The first-order valence-electron chi connectivity index (χ1n) is 4.67. The lowest BCUT2D eigenvalue weighted by molar-refractivity contribution is 0.455. The number of nitrogens with two attached hydrogens (primary N) is 1. The summed E-state index contributed by atoms with van der Waals surface area (Å²) in [5, 5.41) is 8.07. The molecule has 5 heteroatoms. The first-order valence-corrected chi connectivity index (χ1v) is 5.05. The molecule has 0 bridgehead atoms. The molecule has 1 aromatic carbocycles. The van der Waals surface area contributed by atoms with Crippen molar-refractivity contribution < 1.29 is 4.74 Å². The van der Waals surface area contributed by atoms with Gasteiger partial charge in [-0.15, -0.1) is 5.10 Å². The topological polar surface area (TPSA) is 61.0 Å². The van der Waals surface area contributed by atoms with Gasteiger partial charge < -0.3 is 10.5 Å². The minimum atomic E-state index is 0.409. The van der Waals surface area contributed by atoms with E-state index in [0.717, 1.165) is 5.56 Å². The fourth-order valence-electron chi connectivity index (χ4n) is 1.20. The zero-order valence-electron chi connectivity index (χ0n) is 8.64. The van der Waals surface area contributed by atoms with Crippen molar-refractivity contribution in [3.05, 3.63) is 41.0 Å². The van der Waals surface area contributed by atoms with Crippen LogP contribution in [0.15, 0.2) is 30.5 Å². The average molecular weight is 236 g/mol. The van der Waals surface area contributed by atoms with Crippen molar-refractivity contribution in [2.45, 2.75) is 6.92 Å². The highest BCUT2D eigenvalue weighted by atomic mass is 35.5. The molecule has 0 amide bonds. The van der Waals surface area contributed by atoms with Gasteiger partial charge in [-0.05, 0) is 30.7 Å². The molecule has 2 rings (SSSR count). The van der Waals surface area contributed by atoms with Crippen molar-refractivity contribution in [3.8, 4) is 11.6 Å². The minimum absolute atomic E-state index is 0.409. The second-order valence-electron chi connectivity index (χ2n) is 3.36. The Hall–Kier alpha value is -1.81. The van der Waals surface area contributed by atoms with E-state index in [9.17, 15) is 0 Å². The van der Waals surface area contributed by atoms with E-state index >= 15 is 0 Å². The van der Waals surface area contributed by atoms with Gasteiger partial charge in [0.05, 0.1) is 11.2 Å². The highest BCUT2D eigenvalue weighted by Crippen LogP contribution is 2.29. The molecule has 1 aromatic heterocycles. The zero-order chi connectivity index (χ0) is 11.5. The van der Waals surface area contributed by atoms with Crippen LogP contribution in [0.25, 0.3) is 0 Å². The van der Waals surface area contributed by atoms with Crippen molar-refractivity contribution in [2.24, 2.45) is 0 Å². The molecule has 0 aliphatic carbocycles. The van der Waals surface area contributed by atoms with Crippen LogP contribution in [0, 0.1) is 6.92 Å². The van der Waals surface area contributed by atoms with E-state index < -0.39 is 0 Å². The Labute approximate surface area is 98.0 Å². The van der Waals surface area contributed by atoms with Crippen LogP contribution in [0.5, 0.6) is 11.6 Å². The Balaban J connectivity index is 2.27. The summed E-state index contributed by atoms with van der Waals surface area (Å²) in [6.45, 7) is 1.91. The van der Waals surface area contributed by atoms with Gasteiger partial charge in [0.1, 0.15) is 5.75 Å². The molecule has 0 radical (unpaired) electrons. The van der Waals surface area contributed by atoms with Gasteiger partial charge in [-0.1, -0.05) is 11.6 Å². The maximum atomic E-state index is 5.97. The third kappa shape index (κ3) is 2.41. The van der Waals surface area contributed by atoms with Crippen LogP contribution in [0.4, 0.5) is 5.69 Å². The van der Waals surface area contributed by atoms with Gasteiger partial charge in [-0.3, -0.25) is 0 Å². The van der Waals surface area contributed by atoms with Crippen LogP contribution < -0.4 is 10.5 Å². The lowest BCUT2D eigenvalue weighted by atomic mass is 10.3. The SMILES string of the molecule is Cc1cnnc(Oc2ccc(N)cc2Cl)c1. The summed E-state index contributed by atoms with van der Waals surface area (Å²) in [5.41, 5.74) is 7.14. The second-order valence-corrected chi connectivity index (χ2v) is 3.77. The minimum Gasteiger partial charge on any atom is -0.436 e. The van der Waals surface area contributed by atoms with Gasteiger partial charge in [-0.2, -0.15) is 5.10 Å². The molecular weight excluding hydrogens is 226 g/mol. The number of aromatic nitrogens is 2. The maximum Gasteiger partial charge on any atom is 0.239 e. The molecule has 0 aliphatic rings. The number of aryl methyl sites for hydroxylation is 1. The quantitative estimate of drug-likeness (QED) is 0.813. The predicted octanol–water partition coefficient (Wildman–Crippen LogP) is 2.81. The molecule has 16 heavy (non-hydrogen) atoms. The monoisotopic (exact) mass is 235 g/mol. The summed E-state index contributed by atoms with van der Waals surface area (Å²) >= 11 is 5.97. The van der Waals surface area contributed by atoms with E-state index in [4.69, 9.17) is 22.1 Å². The van der Waals surface area contributed by atoms with Gasteiger partial charge in [0.15, 0.2) is 0 Å². The van der Waals surface area contributed by atoms with Crippen molar-refractivity contribution in [3.63, 3.8) is 0 Å². The normalized spacial score (nSPS) is 10.1. The van der Waals surface area contributed by atoms with E-state index in [0.29, 0.717) is 22.3 Å². The van der Waals surface area contributed by atoms with E-state index in [-0.39, 0.29) is 0 Å². The van der Waals surface area contributed by atoms with E-state index in [1.165, 1.54) is 0 Å². The molecule has 0 saturated carbocycles. The van der Waals surface area contributed by atoms with E-state index in [1.54, 1.807) is 30.5 Å². The van der Waals surface area contributed by atoms with Crippen LogP contribution in [0.2, 0.25) is 5.02 Å². The summed E-state index contributed by atoms with van der Waals surface area (Å²) in [6, 6.07) is 6.81. The molecule has 0 atom stereocenters. The highest BCUT2D eigenvalue weighted by molar-refractivity contribution is 6.32. The van der Waals surface area contributed by atoms with Crippen LogP contribution >= 0.6 is 11.6 Å². The molecule has 1 heterocycles. The third-order valence-corrected chi connectivity index (χ3v) is 2.23. The Morgan fingerprint density at radius 1 is 1.31 bits per heavy atom. The van der Waals surface area contributed by atoms with Gasteiger partial charge in [0.2, 0.25) is 5.88 Å². The summed E-state index contributed by atoms with van der Waals surface area (Å²) in [4.78, 5) is 0. The fraction of sp³-hybridized carbons (Fsp3) is 0.0909. The third-order valence-electron chi connectivity index (χ3n) is 1.94. The number of nitrogens with zero attached hydrogens (tertiary/aromatic N) is 2. The van der Waals surface area contributed by atoms with Crippen LogP contribution in [0.3, 0.4) is 0 Å². The number of halogens is 1. The first kappa shape index (κ1) is 10.7. The Kier molecular flexibility index (Phi) is 2.92. The molecule has 2 aromatic rings. The summed E-state index contributed by atoms with van der Waals surface area (Å²) in [7, 11) is 0. The van der Waals surface area contributed by atoms with E-state index in [1.807, 2.05) is 6.92 Å². The Morgan fingerprint density at radius 2 is 2.12 bits per heavy atom. The number of anilines is 1. The summed E-state index contributed by atoms with van der Waals surface area (Å²) in [6.07, 6.45) is 1.65. The van der Waals surface area contributed by atoms with Crippen molar-refractivity contribution in [1.82, 2.24) is 10.2 Å². The highest BCUT2D eigenvalue weighted by Gasteiger charge is 2.04. The first-order chi connectivity index (χ1) is 7.65. The van der Waals surface area contributed by atoms with Crippen molar-refractivity contribution in [2.75, 3.05) is 5.73 Å². The van der Waals surface area contributed by atoms with Crippen LogP contribution in [-0.4, -0.2) is 10.2 Å². The zero-order valence-corrected chi connectivity index (χ0v) is 9.40. The molecule has 0 unspecified atom stereocenters. The molecule has 0 saturated heterocycles. The second kappa shape index (κ2) is 4.37. The van der Waals surface area contributed by atoms with Crippen LogP contribution in [0.1, 0.15) is 5.56 Å². The molecule has 0 spiro atoms.